The number of esters is 1. The van der Waals surface area contributed by atoms with Crippen LogP contribution in [0.25, 0.3) is 0 Å². The van der Waals surface area contributed by atoms with E-state index in [1.54, 1.807) is 0 Å². The first-order valence-corrected chi connectivity index (χ1v) is 10.1. The van der Waals surface area contributed by atoms with E-state index in [1.165, 1.54) is 51.4 Å². The van der Waals surface area contributed by atoms with Gasteiger partial charge in [-0.05, 0) is 12.8 Å². The average molecular weight is 376 g/mol. The van der Waals surface area contributed by atoms with Crippen LogP contribution in [0.5, 0.6) is 0 Å². The van der Waals surface area contributed by atoms with Crippen LogP contribution in [0, 0.1) is 0 Å². The molecule has 0 aliphatic heterocycles. The summed E-state index contributed by atoms with van der Waals surface area (Å²) in [5.74, 6) is -0.361. The summed E-state index contributed by atoms with van der Waals surface area (Å²) in [6.45, 7) is 2.42. The fourth-order valence-electron chi connectivity index (χ4n) is 2.23. The van der Waals surface area contributed by atoms with Crippen LogP contribution in [-0.4, -0.2) is 61.7 Å². The van der Waals surface area contributed by atoms with E-state index in [9.17, 15) is 13.2 Å². The van der Waals surface area contributed by atoms with E-state index in [0.717, 1.165) is 12.8 Å². The first-order chi connectivity index (χ1) is 11.0. The van der Waals surface area contributed by atoms with Crippen molar-refractivity contribution >= 4 is 45.9 Å². The zero-order chi connectivity index (χ0) is 17.4. The van der Waals surface area contributed by atoms with Crippen molar-refractivity contribution < 1.29 is 26.7 Å². The van der Waals surface area contributed by atoms with Crippen molar-refractivity contribution in [1.82, 2.24) is 0 Å². The number of carbonyl (C=O) groups is 1. The number of carbonyl (C=O) groups excluding carboxylic acids is 1. The van der Waals surface area contributed by atoms with Gasteiger partial charge >= 0.3 is 45.9 Å². The maximum absolute atomic E-state index is 11.3. The van der Waals surface area contributed by atoms with Gasteiger partial charge in [0.15, 0.2) is 0 Å². The molecule has 0 spiro atoms. The molecule has 0 atom stereocenters. The van der Waals surface area contributed by atoms with Crippen LogP contribution < -0.4 is 0 Å². The van der Waals surface area contributed by atoms with Crippen molar-refractivity contribution in [2.75, 3.05) is 13.2 Å². The van der Waals surface area contributed by atoms with Gasteiger partial charge in [-0.3, -0.25) is 9.35 Å². The van der Waals surface area contributed by atoms with Crippen LogP contribution in [0.3, 0.4) is 0 Å². The summed E-state index contributed by atoms with van der Waals surface area (Å²) in [7, 11) is -4.41. The third kappa shape index (κ3) is 22.3. The molecule has 8 heteroatoms. The monoisotopic (exact) mass is 376 g/mol. The number of hydrogen-bond acceptors (Lipinski definition) is 5. The van der Waals surface area contributed by atoms with Crippen molar-refractivity contribution in [3.8, 4) is 0 Å². The average Bonchev–Trinajstić information content (AvgIpc) is 2.48. The Morgan fingerprint density at radius 2 is 1.33 bits per heavy atom. The molecule has 0 aromatic rings. The number of hydrogen-bond donors (Lipinski definition) is 1. The molecule has 0 bridgehead atoms. The number of unbranched alkanes of at least 4 members (excludes halogenated alkanes) is 9. The second kappa shape index (κ2) is 18.1. The Kier molecular flexibility index (Phi) is 20.1. The van der Waals surface area contributed by atoms with E-state index < -0.39 is 10.4 Å². The third-order valence-corrected chi connectivity index (χ3v) is 3.98. The fourth-order valence-corrected chi connectivity index (χ4v) is 2.56. The molecule has 0 fully saturated rings. The molecule has 140 valence electrons. The van der Waals surface area contributed by atoms with E-state index >= 15 is 0 Å². The molecule has 0 aromatic carbocycles. The molecular weight excluding hydrogens is 343 g/mol. The van der Waals surface area contributed by atoms with E-state index in [0.29, 0.717) is 6.61 Å². The van der Waals surface area contributed by atoms with Gasteiger partial charge in [-0.15, -0.1) is 0 Å². The van der Waals surface area contributed by atoms with Gasteiger partial charge in [0.25, 0.3) is 0 Å². The normalized spacial score (nSPS) is 11.1. The topological polar surface area (TPSA) is 89.9 Å². The van der Waals surface area contributed by atoms with Gasteiger partial charge < -0.3 is 4.74 Å². The van der Waals surface area contributed by atoms with Gasteiger partial charge in [0.2, 0.25) is 0 Å². The Hall–Kier alpha value is 0.340. The predicted octanol–water partition coefficient (Wildman–Crippen LogP) is 3.40. The van der Waals surface area contributed by atoms with Crippen LogP contribution in [0.4, 0.5) is 0 Å². The van der Waals surface area contributed by atoms with E-state index in [2.05, 4.69) is 11.1 Å². The van der Waals surface area contributed by atoms with Gasteiger partial charge in [-0.25, -0.2) is 4.18 Å². The molecule has 0 heterocycles. The summed E-state index contributed by atoms with van der Waals surface area (Å²) in [6, 6.07) is 0. The standard InChI is InChI=1S/C16H32O6S.Na.H/c1-2-3-4-5-6-7-8-9-10-11-14-21-16(17)13-12-15-22-23(18,19)20;;/h2-15H2,1H3,(H,18,19,20);;. The summed E-state index contributed by atoms with van der Waals surface area (Å²) in [6.07, 6.45) is 12.6. The van der Waals surface area contributed by atoms with Gasteiger partial charge in [0.05, 0.1) is 13.2 Å². The SMILES string of the molecule is CCCCCCCCCCCCOC(=O)CCCOS(=O)(=O)O.[NaH]. The summed E-state index contributed by atoms with van der Waals surface area (Å²) >= 11 is 0. The van der Waals surface area contributed by atoms with E-state index in [1.807, 2.05) is 0 Å². The van der Waals surface area contributed by atoms with E-state index in [-0.39, 0.29) is 55.0 Å². The second-order valence-electron chi connectivity index (χ2n) is 5.76. The number of ether oxygens (including phenoxy) is 1. The molecule has 0 aromatic heterocycles. The van der Waals surface area contributed by atoms with Gasteiger partial charge in [0.1, 0.15) is 0 Å². The molecule has 0 rings (SSSR count). The van der Waals surface area contributed by atoms with Crippen LogP contribution in [-0.2, 0) is 24.1 Å². The van der Waals surface area contributed by atoms with Crippen molar-refractivity contribution in [1.29, 1.82) is 0 Å². The van der Waals surface area contributed by atoms with Crippen LogP contribution in [0.2, 0.25) is 0 Å². The van der Waals surface area contributed by atoms with Crippen LogP contribution in [0.1, 0.15) is 84.0 Å². The molecule has 0 unspecified atom stereocenters. The molecule has 0 aliphatic rings. The molecule has 0 amide bonds. The Morgan fingerprint density at radius 3 is 1.83 bits per heavy atom. The van der Waals surface area contributed by atoms with Gasteiger partial charge in [0, 0.05) is 6.42 Å². The first-order valence-electron chi connectivity index (χ1n) is 8.73. The second-order valence-corrected chi connectivity index (χ2v) is 6.85. The molecular formula is C16H33NaO6S. The van der Waals surface area contributed by atoms with Crippen LogP contribution in [0.15, 0.2) is 0 Å². The molecule has 0 saturated heterocycles. The maximum atomic E-state index is 11.3. The quantitative estimate of drug-likeness (QED) is 0.192. The summed E-state index contributed by atoms with van der Waals surface area (Å²) < 4.78 is 38.0. The molecule has 0 aliphatic carbocycles. The molecule has 1 N–H and O–H groups in total. The zero-order valence-corrected chi connectivity index (χ0v) is 15.1. The Balaban J connectivity index is 0. The summed E-state index contributed by atoms with van der Waals surface area (Å²) in [4.78, 5) is 11.3. The molecule has 0 saturated carbocycles. The zero-order valence-electron chi connectivity index (χ0n) is 14.3. The summed E-state index contributed by atoms with van der Waals surface area (Å²) in [5, 5.41) is 0. The molecule has 24 heavy (non-hydrogen) atoms. The Bertz CT molecular complexity index is 386. The van der Waals surface area contributed by atoms with Crippen molar-refractivity contribution in [2.45, 2.75) is 84.0 Å². The minimum absolute atomic E-state index is 0. The van der Waals surface area contributed by atoms with Crippen LogP contribution >= 0.6 is 0 Å². The first kappa shape index (κ1) is 26.6. The molecule has 0 radical (unpaired) electrons. The van der Waals surface area contributed by atoms with Crippen molar-refractivity contribution in [3.05, 3.63) is 0 Å². The predicted molar refractivity (Wildman–Crippen MR) is 96.7 cm³/mol. The minimum atomic E-state index is -4.41. The van der Waals surface area contributed by atoms with Crippen molar-refractivity contribution in [3.63, 3.8) is 0 Å². The third-order valence-electron chi connectivity index (χ3n) is 3.52. The fraction of sp³-hybridized carbons (Fsp3) is 0.938. The van der Waals surface area contributed by atoms with Crippen molar-refractivity contribution in [2.24, 2.45) is 0 Å². The number of rotatable bonds is 16. The van der Waals surface area contributed by atoms with Gasteiger partial charge in [-0.1, -0.05) is 64.7 Å². The Morgan fingerprint density at radius 1 is 0.833 bits per heavy atom. The van der Waals surface area contributed by atoms with Gasteiger partial charge in [-0.2, -0.15) is 8.42 Å². The molecule has 6 nitrogen and oxygen atoms in total. The Labute approximate surface area is 169 Å². The van der Waals surface area contributed by atoms with E-state index in [4.69, 9.17) is 9.29 Å². The summed E-state index contributed by atoms with van der Waals surface area (Å²) in [5.41, 5.74) is 0.